The minimum Gasteiger partial charge on any atom is -0.493 e. The van der Waals surface area contributed by atoms with Crippen molar-refractivity contribution < 1.29 is 14.3 Å². The van der Waals surface area contributed by atoms with Gasteiger partial charge >= 0.3 is 0 Å². The lowest BCUT2D eigenvalue weighted by atomic mass is 10.0. The Balaban J connectivity index is 1.99. The Kier molecular flexibility index (Phi) is 5.63. The highest BCUT2D eigenvalue weighted by Crippen LogP contribution is 2.27. The molecule has 0 saturated carbocycles. The van der Waals surface area contributed by atoms with Crippen LogP contribution in [0, 0.1) is 0 Å². The number of ether oxygens (including phenoxy) is 2. The van der Waals surface area contributed by atoms with Gasteiger partial charge in [-0.25, -0.2) is 0 Å². The summed E-state index contributed by atoms with van der Waals surface area (Å²) in [6.07, 6.45) is -0.629. The van der Waals surface area contributed by atoms with Crippen LogP contribution in [-0.4, -0.2) is 19.1 Å². The molecule has 1 N–H and O–H groups in total. The molecule has 0 radical (unpaired) electrons. The van der Waals surface area contributed by atoms with Gasteiger partial charge in [-0.3, -0.25) is 4.79 Å². The van der Waals surface area contributed by atoms with E-state index in [1.807, 2.05) is 36.4 Å². The van der Waals surface area contributed by atoms with Crippen molar-refractivity contribution in [2.45, 2.75) is 32.8 Å². The highest BCUT2D eigenvalue weighted by Gasteiger charge is 2.16. The number of anilines is 1. The van der Waals surface area contributed by atoms with Crippen LogP contribution in [0.25, 0.3) is 0 Å². The molecule has 0 heterocycles. The number of hydrogen-bond donors (Lipinski definition) is 1. The highest BCUT2D eigenvalue weighted by atomic mass is 16.5. The normalized spacial score (nSPS) is 11.9. The van der Waals surface area contributed by atoms with Gasteiger partial charge in [0.2, 0.25) is 0 Å². The summed E-state index contributed by atoms with van der Waals surface area (Å²) in [5.41, 5.74) is 2.00. The van der Waals surface area contributed by atoms with Crippen molar-refractivity contribution in [3.05, 3.63) is 54.1 Å². The van der Waals surface area contributed by atoms with Crippen LogP contribution in [-0.2, 0) is 4.79 Å². The molecular weight excluding hydrogens is 290 g/mol. The van der Waals surface area contributed by atoms with E-state index in [0.29, 0.717) is 17.4 Å². The number of para-hydroxylation sites is 2. The second-order valence-electron chi connectivity index (χ2n) is 5.68. The third-order valence-electron chi connectivity index (χ3n) is 3.59. The number of benzene rings is 2. The summed E-state index contributed by atoms with van der Waals surface area (Å²) in [5, 5.41) is 2.86. The van der Waals surface area contributed by atoms with Crippen LogP contribution in [0.2, 0.25) is 0 Å². The van der Waals surface area contributed by atoms with E-state index in [1.165, 1.54) is 5.56 Å². The van der Waals surface area contributed by atoms with E-state index in [9.17, 15) is 4.79 Å². The first-order valence-corrected chi connectivity index (χ1v) is 7.71. The van der Waals surface area contributed by atoms with Crippen molar-refractivity contribution in [1.82, 2.24) is 0 Å². The summed E-state index contributed by atoms with van der Waals surface area (Å²) >= 11 is 0. The first kappa shape index (κ1) is 16.9. The molecule has 0 fully saturated rings. The molecular formula is C19H23NO3. The lowest BCUT2D eigenvalue weighted by Crippen LogP contribution is -2.30. The molecule has 1 amide bonds. The van der Waals surface area contributed by atoms with Gasteiger partial charge < -0.3 is 14.8 Å². The van der Waals surface area contributed by atoms with E-state index in [0.717, 1.165) is 5.69 Å². The van der Waals surface area contributed by atoms with E-state index in [4.69, 9.17) is 9.47 Å². The van der Waals surface area contributed by atoms with Gasteiger partial charge in [-0.05, 0) is 42.7 Å². The highest BCUT2D eigenvalue weighted by molar-refractivity contribution is 5.94. The van der Waals surface area contributed by atoms with E-state index in [-0.39, 0.29) is 5.91 Å². The average molecular weight is 313 g/mol. The monoisotopic (exact) mass is 313 g/mol. The first-order chi connectivity index (χ1) is 11.0. The number of amides is 1. The maximum absolute atomic E-state index is 12.3. The van der Waals surface area contributed by atoms with Crippen LogP contribution >= 0.6 is 0 Å². The van der Waals surface area contributed by atoms with E-state index in [2.05, 4.69) is 19.2 Å². The fourth-order valence-corrected chi connectivity index (χ4v) is 2.16. The van der Waals surface area contributed by atoms with E-state index < -0.39 is 6.10 Å². The molecule has 0 bridgehead atoms. The van der Waals surface area contributed by atoms with Gasteiger partial charge in [0.15, 0.2) is 17.6 Å². The molecule has 1 atom stereocenters. The predicted octanol–water partition coefficient (Wildman–Crippen LogP) is 4.22. The van der Waals surface area contributed by atoms with Gasteiger partial charge in [0.1, 0.15) is 0 Å². The second-order valence-corrected chi connectivity index (χ2v) is 5.68. The van der Waals surface area contributed by atoms with Gasteiger partial charge in [0.25, 0.3) is 5.91 Å². The summed E-state index contributed by atoms with van der Waals surface area (Å²) < 4.78 is 10.9. The van der Waals surface area contributed by atoms with Crippen LogP contribution in [0.4, 0.5) is 5.69 Å². The number of rotatable bonds is 6. The van der Waals surface area contributed by atoms with Gasteiger partial charge in [-0.15, -0.1) is 0 Å². The third kappa shape index (κ3) is 4.49. The van der Waals surface area contributed by atoms with Crippen LogP contribution in [0.1, 0.15) is 32.3 Å². The number of hydrogen-bond acceptors (Lipinski definition) is 3. The molecule has 2 rings (SSSR count). The lowest BCUT2D eigenvalue weighted by molar-refractivity contribution is -0.122. The summed E-state index contributed by atoms with van der Waals surface area (Å²) in [5.74, 6) is 1.42. The Bertz CT molecular complexity index is 650. The summed E-state index contributed by atoms with van der Waals surface area (Å²) in [4.78, 5) is 12.3. The zero-order chi connectivity index (χ0) is 16.8. The second kappa shape index (κ2) is 7.68. The number of carbonyl (C=O) groups excluding carboxylic acids is 1. The molecule has 0 aromatic heterocycles. The minimum absolute atomic E-state index is 0.201. The van der Waals surface area contributed by atoms with Crippen LogP contribution in [0.15, 0.2) is 48.5 Å². The zero-order valence-electron chi connectivity index (χ0n) is 14.0. The smallest absolute Gasteiger partial charge is 0.265 e. The van der Waals surface area contributed by atoms with Crippen molar-refractivity contribution in [1.29, 1.82) is 0 Å². The maximum Gasteiger partial charge on any atom is 0.265 e. The predicted molar refractivity (Wildman–Crippen MR) is 92.2 cm³/mol. The lowest BCUT2D eigenvalue weighted by Gasteiger charge is -2.17. The Morgan fingerprint density at radius 1 is 0.957 bits per heavy atom. The largest absolute Gasteiger partial charge is 0.493 e. The molecule has 0 aliphatic heterocycles. The summed E-state index contributed by atoms with van der Waals surface area (Å²) in [7, 11) is 1.57. The van der Waals surface area contributed by atoms with Gasteiger partial charge in [0.05, 0.1) is 7.11 Å². The van der Waals surface area contributed by atoms with Gasteiger partial charge in [-0.1, -0.05) is 38.1 Å². The minimum atomic E-state index is -0.629. The SMILES string of the molecule is COc1ccccc1O[C@H](C)C(=O)Nc1ccc(C(C)C)cc1. The standard InChI is InChI=1S/C19H23NO3/c1-13(2)15-9-11-16(12-10-15)20-19(21)14(3)23-18-8-6-5-7-17(18)22-4/h5-14H,1-4H3,(H,20,21)/t14-/m1/s1. The summed E-state index contributed by atoms with van der Waals surface area (Å²) in [6, 6.07) is 15.1. The van der Waals surface area contributed by atoms with E-state index >= 15 is 0 Å². The van der Waals surface area contributed by atoms with Crippen LogP contribution < -0.4 is 14.8 Å². The van der Waals surface area contributed by atoms with Crippen molar-refractivity contribution in [3.63, 3.8) is 0 Å². The third-order valence-corrected chi connectivity index (χ3v) is 3.59. The quantitative estimate of drug-likeness (QED) is 0.868. The Labute approximate surface area is 137 Å². The molecule has 0 saturated heterocycles. The van der Waals surface area contributed by atoms with Gasteiger partial charge in [-0.2, -0.15) is 0 Å². The Morgan fingerprint density at radius 2 is 1.57 bits per heavy atom. The Morgan fingerprint density at radius 3 is 2.13 bits per heavy atom. The fourth-order valence-electron chi connectivity index (χ4n) is 2.16. The number of methoxy groups -OCH3 is 1. The molecule has 0 unspecified atom stereocenters. The van der Waals surface area contributed by atoms with Crippen LogP contribution in [0.3, 0.4) is 0 Å². The molecule has 4 heteroatoms. The number of nitrogens with one attached hydrogen (secondary N) is 1. The van der Waals surface area contributed by atoms with Crippen molar-refractivity contribution >= 4 is 11.6 Å². The first-order valence-electron chi connectivity index (χ1n) is 7.71. The molecule has 23 heavy (non-hydrogen) atoms. The van der Waals surface area contributed by atoms with E-state index in [1.54, 1.807) is 26.2 Å². The molecule has 0 aliphatic carbocycles. The molecule has 0 spiro atoms. The number of carbonyl (C=O) groups is 1. The zero-order valence-corrected chi connectivity index (χ0v) is 14.0. The van der Waals surface area contributed by atoms with Crippen LogP contribution in [0.5, 0.6) is 11.5 Å². The fraction of sp³-hybridized carbons (Fsp3) is 0.316. The topological polar surface area (TPSA) is 47.6 Å². The molecule has 2 aromatic rings. The van der Waals surface area contributed by atoms with Crippen molar-refractivity contribution in [2.24, 2.45) is 0 Å². The summed E-state index contributed by atoms with van der Waals surface area (Å²) in [6.45, 7) is 5.98. The molecule has 2 aromatic carbocycles. The van der Waals surface area contributed by atoms with Crippen molar-refractivity contribution in [2.75, 3.05) is 12.4 Å². The molecule has 0 aliphatic rings. The maximum atomic E-state index is 12.3. The molecule has 122 valence electrons. The van der Waals surface area contributed by atoms with Crippen molar-refractivity contribution in [3.8, 4) is 11.5 Å². The van der Waals surface area contributed by atoms with Gasteiger partial charge in [0, 0.05) is 5.69 Å². The average Bonchev–Trinajstić information content (AvgIpc) is 2.55. The molecule has 4 nitrogen and oxygen atoms in total. The Hall–Kier alpha value is -2.49.